The minimum absolute atomic E-state index is 0.0741. The quantitative estimate of drug-likeness (QED) is 0.648. The van der Waals surface area contributed by atoms with Crippen LogP contribution in [0.5, 0.6) is 5.75 Å². The normalized spacial score (nSPS) is 12.9. The number of carbonyl (C=O) groups excluding carboxylic acids is 1. The van der Waals surface area contributed by atoms with Crippen LogP contribution < -0.4 is 20.3 Å². The molecular weight excluding hydrogens is 387 g/mol. The van der Waals surface area contributed by atoms with Gasteiger partial charge in [0.05, 0.1) is 24.1 Å². The molecule has 0 saturated heterocycles. The lowest BCUT2D eigenvalue weighted by Gasteiger charge is -2.27. The molecule has 1 aliphatic heterocycles. The highest BCUT2D eigenvalue weighted by Gasteiger charge is 2.23. The van der Waals surface area contributed by atoms with E-state index in [0.29, 0.717) is 41.1 Å². The van der Waals surface area contributed by atoms with Gasteiger partial charge in [0.1, 0.15) is 23.9 Å². The second-order valence-corrected chi connectivity index (χ2v) is 6.99. The van der Waals surface area contributed by atoms with Crippen LogP contribution in [0.15, 0.2) is 42.6 Å². The standard InChI is InChI=1S/C21H21FN6O2/c1-13-19-20(28(2)11-18(29)26-19)27-21(25-13)24-9-14-3-7-17(8-4-14)30-12-16-6-5-15(22)10-23-16/h3-8,10H,9,11-12H2,1-2H3,(H,26,29)(H,24,25,27). The summed E-state index contributed by atoms with van der Waals surface area (Å²) in [5.74, 6) is 1.45. The molecule has 3 heterocycles. The SMILES string of the molecule is Cc1nc(NCc2ccc(OCc3ccc(F)cn3)cc2)nc2c1NC(=O)CN2C. The Morgan fingerprint density at radius 1 is 1.20 bits per heavy atom. The molecule has 0 unspecified atom stereocenters. The van der Waals surface area contributed by atoms with Crippen LogP contribution >= 0.6 is 0 Å². The van der Waals surface area contributed by atoms with Gasteiger partial charge in [0.2, 0.25) is 11.9 Å². The first-order chi connectivity index (χ1) is 14.5. The fourth-order valence-corrected chi connectivity index (χ4v) is 3.06. The van der Waals surface area contributed by atoms with Gasteiger partial charge in [-0.1, -0.05) is 12.1 Å². The topological polar surface area (TPSA) is 92.3 Å². The maximum atomic E-state index is 12.9. The highest BCUT2D eigenvalue weighted by atomic mass is 19.1. The number of anilines is 3. The molecule has 0 radical (unpaired) electrons. The lowest BCUT2D eigenvalue weighted by atomic mass is 10.2. The number of hydrogen-bond donors (Lipinski definition) is 2. The van der Waals surface area contributed by atoms with Crippen molar-refractivity contribution >= 4 is 23.4 Å². The van der Waals surface area contributed by atoms with Crippen molar-refractivity contribution < 1.29 is 13.9 Å². The van der Waals surface area contributed by atoms with Crippen LogP contribution in [0.25, 0.3) is 0 Å². The Bertz CT molecular complexity index is 1060. The van der Waals surface area contributed by atoms with Gasteiger partial charge in [0.25, 0.3) is 0 Å². The number of aryl methyl sites for hydroxylation is 1. The highest BCUT2D eigenvalue weighted by molar-refractivity contribution is 6.00. The van der Waals surface area contributed by atoms with Gasteiger partial charge < -0.3 is 20.3 Å². The van der Waals surface area contributed by atoms with Crippen molar-refractivity contribution in [2.45, 2.75) is 20.1 Å². The van der Waals surface area contributed by atoms with Crippen LogP contribution in [-0.2, 0) is 17.9 Å². The molecule has 1 aliphatic rings. The van der Waals surface area contributed by atoms with Gasteiger partial charge >= 0.3 is 0 Å². The highest BCUT2D eigenvalue weighted by Crippen LogP contribution is 2.29. The largest absolute Gasteiger partial charge is 0.487 e. The molecule has 1 aromatic carbocycles. The predicted octanol–water partition coefficient (Wildman–Crippen LogP) is 2.90. The Labute approximate surface area is 173 Å². The van der Waals surface area contributed by atoms with Crippen LogP contribution in [0.4, 0.5) is 21.8 Å². The van der Waals surface area contributed by atoms with E-state index >= 15 is 0 Å². The third kappa shape index (κ3) is 4.45. The molecule has 154 valence electrons. The minimum atomic E-state index is -0.370. The lowest BCUT2D eigenvalue weighted by Crippen LogP contribution is -2.36. The van der Waals surface area contributed by atoms with Crippen molar-refractivity contribution in [2.75, 3.05) is 29.1 Å². The zero-order valence-electron chi connectivity index (χ0n) is 16.6. The summed E-state index contributed by atoms with van der Waals surface area (Å²) < 4.78 is 18.6. The Morgan fingerprint density at radius 2 is 2.00 bits per heavy atom. The maximum Gasteiger partial charge on any atom is 0.244 e. The number of nitrogens with zero attached hydrogens (tertiary/aromatic N) is 4. The summed E-state index contributed by atoms with van der Waals surface area (Å²) >= 11 is 0. The summed E-state index contributed by atoms with van der Waals surface area (Å²) in [5, 5.41) is 6.04. The molecule has 2 N–H and O–H groups in total. The summed E-state index contributed by atoms with van der Waals surface area (Å²) in [6.07, 6.45) is 1.17. The van der Waals surface area contributed by atoms with Gasteiger partial charge in [-0.15, -0.1) is 0 Å². The average molecular weight is 408 g/mol. The van der Waals surface area contributed by atoms with Gasteiger partial charge in [-0.05, 0) is 36.8 Å². The number of ether oxygens (including phenoxy) is 1. The number of nitrogens with one attached hydrogen (secondary N) is 2. The number of likely N-dealkylation sites (N-methyl/N-ethyl adjacent to an activating group) is 1. The second kappa shape index (κ2) is 8.32. The molecule has 0 atom stereocenters. The van der Waals surface area contributed by atoms with Crippen molar-refractivity contribution in [1.29, 1.82) is 0 Å². The van der Waals surface area contributed by atoms with Crippen LogP contribution in [-0.4, -0.2) is 34.5 Å². The molecule has 30 heavy (non-hydrogen) atoms. The Hall–Kier alpha value is -3.75. The van der Waals surface area contributed by atoms with Gasteiger partial charge in [0.15, 0.2) is 5.82 Å². The van der Waals surface area contributed by atoms with Gasteiger partial charge in [-0.2, -0.15) is 4.98 Å². The molecule has 3 aromatic rings. The molecule has 4 rings (SSSR count). The first kappa shape index (κ1) is 19.6. The van der Waals surface area contributed by atoms with Crippen LogP contribution in [0.1, 0.15) is 17.0 Å². The van der Waals surface area contributed by atoms with E-state index in [1.54, 1.807) is 11.0 Å². The summed E-state index contributed by atoms with van der Waals surface area (Å²) in [5.41, 5.74) is 3.04. The zero-order chi connectivity index (χ0) is 21.1. The van der Waals surface area contributed by atoms with E-state index < -0.39 is 0 Å². The monoisotopic (exact) mass is 408 g/mol. The predicted molar refractivity (Wildman–Crippen MR) is 111 cm³/mol. The van der Waals surface area contributed by atoms with E-state index in [0.717, 1.165) is 5.56 Å². The number of carbonyl (C=O) groups is 1. The third-order valence-electron chi connectivity index (χ3n) is 4.63. The number of pyridine rings is 1. The van der Waals surface area contributed by atoms with Crippen molar-refractivity contribution in [3.63, 3.8) is 0 Å². The molecule has 0 spiro atoms. The van der Waals surface area contributed by atoms with Gasteiger partial charge in [-0.3, -0.25) is 9.78 Å². The van der Waals surface area contributed by atoms with Crippen LogP contribution in [0, 0.1) is 12.7 Å². The van der Waals surface area contributed by atoms with E-state index in [1.807, 2.05) is 38.2 Å². The second-order valence-electron chi connectivity index (χ2n) is 6.99. The molecule has 1 amide bonds. The van der Waals surface area contributed by atoms with E-state index in [1.165, 1.54) is 12.3 Å². The molecule has 0 fully saturated rings. The number of amides is 1. The van der Waals surface area contributed by atoms with E-state index in [4.69, 9.17) is 4.74 Å². The van der Waals surface area contributed by atoms with Gasteiger partial charge in [0, 0.05) is 13.6 Å². The van der Waals surface area contributed by atoms with Crippen LogP contribution in [0.2, 0.25) is 0 Å². The Balaban J connectivity index is 1.36. The zero-order valence-corrected chi connectivity index (χ0v) is 16.6. The van der Waals surface area contributed by atoms with Crippen molar-refractivity contribution in [3.8, 4) is 5.75 Å². The maximum absolute atomic E-state index is 12.9. The number of rotatable bonds is 6. The minimum Gasteiger partial charge on any atom is -0.487 e. The molecule has 8 nitrogen and oxygen atoms in total. The number of halogens is 1. The lowest BCUT2D eigenvalue weighted by molar-refractivity contribution is -0.115. The molecule has 9 heteroatoms. The number of hydrogen-bond acceptors (Lipinski definition) is 7. The number of fused-ring (bicyclic) bond motifs is 1. The van der Waals surface area contributed by atoms with E-state index in [2.05, 4.69) is 25.6 Å². The first-order valence-electron chi connectivity index (χ1n) is 9.43. The average Bonchev–Trinajstić information content (AvgIpc) is 2.73. The number of aromatic nitrogens is 3. The summed E-state index contributed by atoms with van der Waals surface area (Å²) in [7, 11) is 1.83. The molecule has 0 aliphatic carbocycles. The molecule has 0 bridgehead atoms. The summed E-state index contributed by atoms with van der Waals surface area (Å²) in [6.45, 7) is 2.91. The Morgan fingerprint density at radius 3 is 2.73 bits per heavy atom. The van der Waals surface area contributed by atoms with E-state index in [-0.39, 0.29) is 24.9 Å². The molecular formula is C21H21FN6O2. The first-order valence-corrected chi connectivity index (χ1v) is 9.43. The fourth-order valence-electron chi connectivity index (χ4n) is 3.06. The van der Waals surface area contributed by atoms with Gasteiger partial charge in [-0.25, -0.2) is 9.37 Å². The summed E-state index contributed by atoms with van der Waals surface area (Å²) in [4.78, 5) is 26.4. The number of benzene rings is 1. The van der Waals surface area contributed by atoms with Crippen molar-refractivity contribution in [2.24, 2.45) is 0 Å². The van der Waals surface area contributed by atoms with Crippen LogP contribution in [0.3, 0.4) is 0 Å². The van der Waals surface area contributed by atoms with E-state index in [9.17, 15) is 9.18 Å². The fraction of sp³-hybridized carbons (Fsp3) is 0.238. The molecule has 0 saturated carbocycles. The van der Waals surface area contributed by atoms with Crippen molar-refractivity contribution in [3.05, 3.63) is 65.4 Å². The molecule has 2 aromatic heterocycles. The summed E-state index contributed by atoms with van der Waals surface area (Å²) in [6, 6.07) is 10.6. The Kier molecular flexibility index (Phi) is 5.42. The smallest absolute Gasteiger partial charge is 0.244 e. The third-order valence-corrected chi connectivity index (χ3v) is 4.63. The van der Waals surface area contributed by atoms with Crippen molar-refractivity contribution in [1.82, 2.24) is 15.0 Å².